The molecular formula is C17H19N3O3. The molecule has 0 radical (unpaired) electrons. The van der Waals surface area contributed by atoms with Crippen molar-refractivity contribution < 1.29 is 14.3 Å². The number of aromatic nitrogens is 2. The number of nitrogens with zero attached hydrogens (tertiary/aromatic N) is 3. The molecule has 1 amide bonds. The van der Waals surface area contributed by atoms with Crippen LogP contribution >= 0.6 is 0 Å². The van der Waals surface area contributed by atoms with E-state index in [1.807, 2.05) is 38.4 Å². The Morgan fingerprint density at radius 3 is 2.91 bits per heavy atom. The van der Waals surface area contributed by atoms with Crippen molar-refractivity contribution in [3.63, 3.8) is 0 Å². The molecule has 0 N–H and O–H groups in total. The largest absolute Gasteiger partial charge is 0.454 e. The summed E-state index contributed by atoms with van der Waals surface area (Å²) in [4.78, 5) is 13.9. The van der Waals surface area contributed by atoms with Crippen LogP contribution in [-0.4, -0.2) is 34.4 Å². The van der Waals surface area contributed by atoms with Gasteiger partial charge in [-0.15, -0.1) is 0 Å². The molecule has 0 saturated heterocycles. The van der Waals surface area contributed by atoms with Crippen LogP contribution in [0.5, 0.6) is 11.5 Å². The van der Waals surface area contributed by atoms with E-state index in [2.05, 4.69) is 5.10 Å². The van der Waals surface area contributed by atoms with Gasteiger partial charge in [-0.1, -0.05) is 6.07 Å². The third-order valence-corrected chi connectivity index (χ3v) is 3.71. The maximum atomic E-state index is 12.2. The van der Waals surface area contributed by atoms with Gasteiger partial charge in [-0.2, -0.15) is 5.10 Å². The maximum absolute atomic E-state index is 12.2. The lowest BCUT2D eigenvalue weighted by Gasteiger charge is -2.14. The maximum Gasteiger partial charge on any atom is 0.246 e. The zero-order valence-electron chi connectivity index (χ0n) is 13.4. The van der Waals surface area contributed by atoms with Crippen molar-refractivity contribution >= 4 is 12.0 Å². The highest BCUT2D eigenvalue weighted by atomic mass is 16.7. The van der Waals surface area contributed by atoms with Gasteiger partial charge in [-0.05, 0) is 30.7 Å². The van der Waals surface area contributed by atoms with Crippen LogP contribution in [0.15, 0.2) is 30.5 Å². The summed E-state index contributed by atoms with van der Waals surface area (Å²) in [5.74, 6) is 1.38. The van der Waals surface area contributed by atoms with E-state index in [4.69, 9.17) is 9.47 Å². The summed E-state index contributed by atoms with van der Waals surface area (Å²) in [5, 5.41) is 4.29. The molecule has 0 aliphatic carbocycles. The number of hydrogen-bond donors (Lipinski definition) is 0. The number of carbonyl (C=O) groups is 1. The number of likely N-dealkylation sites (N-methyl/N-ethyl adjacent to an activating group) is 1. The first-order valence-corrected chi connectivity index (χ1v) is 7.35. The molecule has 3 rings (SSSR count). The van der Waals surface area contributed by atoms with Crippen molar-refractivity contribution in [2.45, 2.75) is 13.5 Å². The topological polar surface area (TPSA) is 56.6 Å². The second kappa shape index (κ2) is 6.16. The number of ether oxygens (including phenoxy) is 2. The Bertz CT molecular complexity index is 764. The van der Waals surface area contributed by atoms with Crippen molar-refractivity contribution in [1.29, 1.82) is 0 Å². The summed E-state index contributed by atoms with van der Waals surface area (Å²) < 4.78 is 12.3. The van der Waals surface area contributed by atoms with Crippen molar-refractivity contribution in [1.82, 2.24) is 14.7 Å². The lowest BCUT2D eigenvalue weighted by Crippen LogP contribution is -2.24. The Kier molecular flexibility index (Phi) is 4.06. The molecule has 0 saturated carbocycles. The summed E-state index contributed by atoms with van der Waals surface area (Å²) in [6, 6.07) is 5.59. The number of hydrogen-bond acceptors (Lipinski definition) is 4. The molecule has 0 unspecified atom stereocenters. The van der Waals surface area contributed by atoms with Crippen LogP contribution in [0.4, 0.5) is 0 Å². The minimum atomic E-state index is -0.0640. The first-order chi connectivity index (χ1) is 11.0. The van der Waals surface area contributed by atoms with E-state index in [1.54, 1.807) is 28.8 Å². The van der Waals surface area contributed by atoms with E-state index in [0.717, 1.165) is 22.6 Å². The third-order valence-electron chi connectivity index (χ3n) is 3.71. The molecule has 0 atom stereocenters. The Balaban J connectivity index is 1.65. The molecule has 1 aliphatic rings. The molecule has 0 fully saturated rings. The number of aryl methyl sites for hydroxylation is 2. The second-order valence-corrected chi connectivity index (χ2v) is 5.55. The van der Waals surface area contributed by atoms with E-state index in [-0.39, 0.29) is 12.7 Å². The fourth-order valence-corrected chi connectivity index (χ4v) is 2.45. The van der Waals surface area contributed by atoms with Crippen molar-refractivity contribution in [3.05, 3.63) is 47.3 Å². The van der Waals surface area contributed by atoms with Gasteiger partial charge in [0.05, 0.1) is 5.69 Å². The highest BCUT2D eigenvalue weighted by Gasteiger charge is 2.13. The third kappa shape index (κ3) is 3.36. The lowest BCUT2D eigenvalue weighted by atomic mass is 10.2. The van der Waals surface area contributed by atoms with E-state index in [9.17, 15) is 4.79 Å². The van der Waals surface area contributed by atoms with Gasteiger partial charge in [0.1, 0.15) is 0 Å². The van der Waals surface area contributed by atoms with Crippen LogP contribution < -0.4 is 9.47 Å². The number of benzene rings is 1. The minimum absolute atomic E-state index is 0.0640. The van der Waals surface area contributed by atoms with Gasteiger partial charge < -0.3 is 14.4 Å². The SMILES string of the molecule is Cc1nn(C)cc1CN(C)C(=O)C=Cc1ccc2c(c1)OCO2. The van der Waals surface area contributed by atoms with Crippen molar-refractivity contribution in [2.24, 2.45) is 7.05 Å². The quantitative estimate of drug-likeness (QED) is 0.812. The van der Waals surface area contributed by atoms with Gasteiger partial charge in [0, 0.05) is 38.5 Å². The Morgan fingerprint density at radius 2 is 2.17 bits per heavy atom. The lowest BCUT2D eigenvalue weighted by molar-refractivity contribution is -0.125. The summed E-state index contributed by atoms with van der Waals surface area (Å²) in [5.41, 5.74) is 2.88. The number of fused-ring (bicyclic) bond motifs is 1. The van der Waals surface area contributed by atoms with Crippen LogP contribution in [0.1, 0.15) is 16.8 Å². The summed E-state index contributed by atoms with van der Waals surface area (Å²) >= 11 is 0. The van der Waals surface area contributed by atoms with Gasteiger partial charge in [0.2, 0.25) is 12.7 Å². The Labute approximate surface area is 134 Å². The molecule has 1 aromatic heterocycles. The van der Waals surface area contributed by atoms with Crippen LogP contribution in [0, 0.1) is 6.92 Å². The number of rotatable bonds is 4. The molecular weight excluding hydrogens is 294 g/mol. The van der Waals surface area contributed by atoms with Gasteiger partial charge >= 0.3 is 0 Å². The van der Waals surface area contributed by atoms with Crippen LogP contribution in [-0.2, 0) is 18.4 Å². The fraction of sp³-hybridized carbons (Fsp3) is 0.294. The summed E-state index contributed by atoms with van der Waals surface area (Å²) in [6.45, 7) is 2.72. The van der Waals surface area contributed by atoms with Gasteiger partial charge in [-0.25, -0.2) is 0 Å². The average molecular weight is 313 g/mol. The fourth-order valence-electron chi connectivity index (χ4n) is 2.45. The molecule has 6 heteroatoms. The van der Waals surface area contributed by atoms with Crippen molar-refractivity contribution in [3.8, 4) is 11.5 Å². The minimum Gasteiger partial charge on any atom is -0.454 e. The molecule has 23 heavy (non-hydrogen) atoms. The number of carbonyl (C=O) groups excluding carboxylic acids is 1. The summed E-state index contributed by atoms with van der Waals surface area (Å²) in [6.07, 6.45) is 5.26. The van der Waals surface area contributed by atoms with E-state index in [0.29, 0.717) is 12.3 Å². The van der Waals surface area contributed by atoms with Gasteiger partial charge in [0.25, 0.3) is 0 Å². The standard InChI is InChI=1S/C17H19N3O3/c1-12-14(10-20(3)18-12)9-19(2)17(21)7-5-13-4-6-15-16(8-13)23-11-22-15/h4-8,10H,9,11H2,1-3H3. The van der Waals surface area contributed by atoms with Gasteiger partial charge in [-0.3, -0.25) is 9.48 Å². The molecule has 120 valence electrons. The van der Waals surface area contributed by atoms with Crippen molar-refractivity contribution in [2.75, 3.05) is 13.8 Å². The van der Waals surface area contributed by atoms with Crippen LogP contribution in [0.2, 0.25) is 0 Å². The molecule has 2 heterocycles. The highest BCUT2D eigenvalue weighted by Crippen LogP contribution is 2.32. The van der Waals surface area contributed by atoms with Crippen LogP contribution in [0.25, 0.3) is 6.08 Å². The highest BCUT2D eigenvalue weighted by molar-refractivity contribution is 5.91. The van der Waals surface area contributed by atoms with Crippen LogP contribution in [0.3, 0.4) is 0 Å². The van der Waals surface area contributed by atoms with E-state index in [1.165, 1.54) is 0 Å². The molecule has 2 aromatic rings. The molecule has 0 spiro atoms. The Hall–Kier alpha value is -2.76. The zero-order chi connectivity index (χ0) is 16.4. The molecule has 1 aliphatic heterocycles. The second-order valence-electron chi connectivity index (χ2n) is 5.55. The molecule has 6 nitrogen and oxygen atoms in total. The average Bonchev–Trinajstić information content (AvgIpc) is 3.10. The zero-order valence-corrected chi connectivity index (χ0v) is 13.4. The Morgan fingerprint density at radius 1 is 1.39 bits per heavy atom. The first kappa shape index (κ1) is 15.1. The number of amides is 1. The monoisotopic (exact) mass is 313 g/mol. The summed E-state index contributed by atoms with van der Waals surface area (Å²) in [7, 11) is 3.65. The van der Waals surface area contributed by atoms with E-state index >= 15 is 0 Å². The predicted molar refractivity (Wildman–Crippen MR) is 86.0 cm³/mol. The van der Waals surface area contributed by atoms with E-state index < -0.39 is 0 Å². The smallest absolute Gasteiger partial charge is 0.246 e. The van der Waals surface area contributed by atoms with Gasteiger partial charge in [0.15, 0.2) is 11.5 Å². The molecule has 1 aromatic carbocycles. The predicted octanol–water partition coefficient (Wildman–Crippen LogP) is 2.13. The first-order valence-electron chi connectivity index (χ1n) is 7.35. The normalized spacial score (nSPS) is 12.8. The molecule has 0 bridgehead atoms.